The zero-order valence-corrected chi connectivity index (χ0v) is 14.2. The Morgan fingerprint density at radius 2 is 2.30 bits per heavy atom. The van der Waals surface area contributed by atoms with Gasteiger partial charge >= 0.3 is 0 Å². The van der Waals surface area contributed by atoms with Crippen LogP contribution in [0.1, 0.15) is 12.5 Å². The van der Waals surface area contributed by atoms with Crippen LogP contribution in [0.2, 0.25) is 0 Å². The molecule has 1 saturated heterocycles. The number of benzene rings is 1. The van der Waals surface area contributed by atoms with Crippen LogP contribution in [0.4, 0.5) is 5.69 Å². The van der Waals surface area contributed by atoms with Crippen LogP contribution in [-0.2, 0) is 4.79 Å². The number of anilines is 1. The molecule has 2 rings (SSSR count). The molecule has 1 atom stereocenters. The molecule has 0 saturated carbocycles. The van der Waals surface area contributed by atoms with Gasteiger partial charge in [0.05, 0.1) is 6.54 Å². The molecule has 0 bridgehead atoms. The second-order valence-corrected chi connectivity index (χ2v) is 5.89. The minimum Gasteiger partial charge on any atom is -0.325 e. The molecule has 0 radical (unpaired) electrons. The summed E-state index contributed by atoms with van der Waals surface area (Å²) in [5.74, 6) is 0.0514. The molecule has 1 aliphatic heterocycles. The second kappa shape index (κ2) is 7.98. The van der Waals surface area contributed by atoms with Crippen molar-refractivity contribution in [1.29, 1.82) is 0 Å². The zero-order chi connectivity index (χ0) is 13.8. The predicted octanol–water partition coefficient (Wildman–Crippen LogP) is 2.41. The molecule has 1 heterocycles. The van der Waals surface area contributed by atoms with Crippen molar-refractivity contribution < 1.29 is 4.79 Å². The molecule has 1 unspecified atom stereocenters. The van der Waals surface area contributed by atoms with Gasteiger partial charge in [-0.05, 0) is 37.6 Å². The molecule has 1 aromatic carbocycles. The summed E-state index contributed by atoms with van der Waals surface area (Å²) in [6, 6.07) is 6.25. The van der Waals surface area contributed by atoms with Crippen LogP contribution in [0.25, 0.3) is 0 Å². The lowest BCUT2D eigenvalue weighted by molar-refractivity contribution is -0.118. The number of halogens is 2. The molecular formula is C14H21BrClN3O. The Kier molecular flexibility index (Phi) is 6.95. The van der Waals surface area contributed by atoms with Gasteiger partial charge in [-0.1, -0.05) is 15.9 Å². The first-order valence-electron chi connectivity index (χ1n) is 6.57. The minimum absolute atomic E-state index is 0. The smallest absolute Gasteiger partial charge is 0.238 e. The van der Waals surface area contributed by atoms with E-state index in [1.807, 2.05) is 25.1 Å². The van der Waals surface area contributed by atoms with Gasteiger partial charge in [0.25, 0.3) is 0 Å². The molecule has 1 aliphatic rings. The number of carbonyl (C=O) groups is 1. The van der Waals surface area contributed by atoms with Gasteiger partial charge in [0.1, 0.15) is 0 Å². The number of carbonyl (C=O) groups excluding carboxylic acids is 1. The van der Waals surface area contributed by atoms with Gasteiger partial charge in [-0.2, -0.15) is 0 Å². The molecule has 20 heavy (non-hydrogen) atoms. The van der Waals surface area contributed by atoms with Crippen LogP contribution in [0.5, 0.6) is 0 Å². The SMILES string of the molecule is Cc1cc(NC(=O)CN2CCNCC2C)ccc1Br.Cl. The highest BCUT2D eigenvalue weighted by Crippen LogP contribution is 2.20. The van der Waals surface area contributed by atoms with Gasteiger partial charge in [-0.25, -0.2) is 0 Å². The van der Waals surface area contributed by atoms with Crippen molar-refractivity contribution in [3.63, 3.8) is 0 Å². The van der Waals surface area contributed by atoms with E-state index in [1.54, 1.807) is 0 Å². The Labute approximate surface area is 134 Å². The predicted molar refractivity (Wildman–Crippen MR) is 88.7 cm³/mol. The van der Waals surface area contributed by atoms with E-state index in [-0.39, 0.29) is 18.3 Å². The van der Waals surface area contributed by atoms with Crippen molar-refractivity contribution in [3.05, 3.63) is 28.2 Å². The lowest BCUT2D eigenvalue weighted by Gasteiger charge is -2.33. The average Bonchev–Trinajstić information content (AvgIpc) is 2.37. The van der Waals surface area contributed by atoms with Crippen LogP contribution in [0.3, 0.4) is 0 Å². The molecule has 112 valence electrons. The van der Waals surface area contributed by atoms with Crippen molar-refractivity contribution in [3.8, 4) is 0 Å². The maximum atomic E-state index is 12.0. The largest absolute Gasteiger partial charge is 0.325 e. The fourth-order valence-corrected chi connectivity index (χ4v) is 2.47. The lowest BCUT2D eigenvalue weighted by Crippen LogP contribution is -2.51. The average molecular weight is 363 g/mol. The summed E-state index contributed by atoms with van der Waals surface area (Å²) in [5, 5.41) is 6.28. The Hall–Kier alpha value is -0.620. The highest BCUT2D eigenvalue weighted by molar-refractivity contribution is 9.10. The first kappa shape index (κ1) is 17.4. The van der Waals surface area contributed by atoms with E-state index in [0.29, 0.717) is 12.6 Å². The Morgan fingerprint density at radius 3 is 2.95 bits per heavy atom. The lowest BCUT2D eigenvalue weighted by atomic mass is 10.2. The van der Waals surface area contributed by atoms with Gasteiger partial charge in [0, 0.05) is 35.8 Å². The quantitative estimate of drug-likeness (QED) is 0.868. The normalized spacial score (nSPS) is 19.2. The van der Waals surface area contributed by atoms with E-state index in [9.17, 15) is 4.79 Å². The van der Waals surface area contributed by atoms with Crippen molar-refractivity contribution in [2.24, 2.45) is 0 Å². The van der Waals surface area contributed by atoms with E-state index in [2.05, 4.69) is 38.4 Å². The number of aryl methyl sites for hydroxylation is 1. The van der Waals surface area contributed by atoms with Gasteiger partial charge in [-0.15, -0.1) is 12.4 Å². The van der Waals surface area contributed by atoms with Gasteiger partial charge in [0.15, 0.2) is 0 Å². The first-order chi connectivity index (χ1) is 9.06. The molecule has 1 aromatic rings. The second-order valence-electron chi connectivity index (χ2n) is 5.04. The monoisotopic (exact) mass is 361 g/mol. The molecule has 6 heteroatoms. The summed E-state index contributed by atoms with van der Waals surface area (Å²) >= 11 is 3.46. The third-order valence-electron chi connectivity index (χ3n) is 3.43. The number of amides is 1. The van der Waals surface area contributed by atoms with Crippen LogP contribution in [-0.4, -0.2) is 43.0 Å². The third-order valence-corrected chi connectivity index (χ3v) is 4.32. The van der Waals surface area contributed by atoms with E-state index in [1.165, 1.54) is 0 Å². The van der Waals surface area contributed by atoms with Crippen molar-refractivity contribution in [2.75, 3.05) is 31.5 Å². The Morgan fingerprint density at radius 1 is 1.55 bits per heavy atom. The van der Waals surface area contributed by atoms with E-state index < -0.39 is 0 Å². The number of hydrogen-bond acceptors (Lipinski definition) is 3. The number of nitrogens with one attached hydrogen (secondary N) is 2. The fraction of sp³-hybridized carbons (Fsp3) is 0.500. The van der Waals surface area contributed by atoms with Gasteiger partial charge in [0.2, 0.25) is 5.91 Å². The van der Waals surface area contributed by atoms with E-state index in [0.717, 1.165) is 35.4 Å². The van der Waals surface area contributed by atoms with Gasteiger partial charge < -0.3 is 10.6 Å². The molecule has 0 aliphatic carbocycles. The van der Waals surface area contributed by atoms with E-state index in [4.69, 9.17) is 0 Å². The molecule has 0 aromatic heterocycles. The molecule has 0 spiro atoms. The maximum absolute atomic E-state index is 12.0. The Bertz CT molecular complexity index is 470. The fourth-order valence-electron chi connectivity index (χ4n) is 2.23. The van der Waals surface area contributed by atoms with Crippen molar-refractivity contribution in [2.45, 2.75) is 19.9 Å². The minimum atomic E-state index is 0. The highest BCUT2D eigenvalue weighted by atomic mass is 79.9. The number of piperazine rings is 1. The summed E-state index contributed by atoms with van der Waals surface area (Å²) in [7, 11) is 0. The summed E-state index contributed by atoms with van der Waals surface area (Å²) < 4.78 is 1.06. The summed E-state index contributed by atoms with van der Waals surface area (Å²) in [4.78, 5) is 14.2. The summed E-state index contributed by atoms with van der Waals surface area (Å²) in [6.45, 7) is 7.44. The highest BCUT2D eigenvalue weighted by Gasteiger charge is 2.20. The number of rotatable bonds is 3. The van der Waals surface area contributed by atoms with Crippen LogP contribution in [0.15, 0.2) is 22.7 Å². The standard InChI is InChI=1S/C14H20BrN3O.ClH/c1-10-7-12(3-4-13(10)15)17-14(19)9-18-6-5-16-8-11(18)2;/h3-4,7,11,16H,5-6,8-9H2,1-2H3,(H,17,19);1H. The summed E-state index contributed by atoms with van der Waals surface area (Å²) in [5.41, 5.74) is 1.97. The summed E-state index contributed by atoms with van der Waals surface area (Å²) in [6.07, 6.45) is 0. The molecular weight excluding hydrogens is 342 g/mol. The maximum Gasteiger partial charge on any atom is 0.238 e. The van der Waals surface area contributed by atoms with Crippen molar-refractivity contribution in [1.82, 2.24) is 10.2 Å². The van der Waals surface area contributed by atoms with Crippen molar-refractivity contribution >= 4 is 39.9 Å². The van der Waals surface area contributed by atoms with E-state index >= 15 is 0 Å². The zero-order valence-electron chi connectivity index (χ0n) is 11.8. The molecule has 1 amide bonds. The molecule has 2 N–H and O–H groups in total. The topological polar surface area (TPSA) is 44.4 Å². The third kappa shape index (κ3) is 4.74. The molecule has 4 nitrogen and oxygen atoms in total. The Balaban J connectivity index is 0.00000200. The van der Waals surface area contributed by atoms with Crippen LogP contribution < -0.4 is 10.6 Å². The van der Waals surface area contributed by atoms with Gasteiger partial charge in [-0.3, -0.25) is 9.69 Å². The first-order valence-corrected chi connectivity index (χ1v) is 7.36. The molecule has 1 fully saturated rings. The van der Waals surface area contributed by atoms with Crippen LogP contribution >= 0.6 is 28.3 Å². The number of nitrogens with zero attached hydrogens (tertiary/aromatic N) is 1. The number of hydrogen-bond donors (Lipinski definition) is 2. The van der Waals surface area contributed by atoms with Crippen LogP contribution in [0, 0.1) is 6.92 Å².